The highest BCUT2D eigenvalue weighted by Gasteiger charge is 2.01. The van der Waals surface area contributed by atoms with Crippen LogP contribution in [0.5, 0.6) is 5.75 Å². The molecule has 0 aliphatic rings. The molecule has 0 aliphatic carbocycles. The molecule has 1 aromatic rings. The Bertz CT molecular complexity index is 292. The van der Waals surface area contributed by atoms with Crippen LogP contribution in [-0.2, 0) is 0 Å². The monoisotopic (exact) mass is 182 g/mol. The lowest BCUT2D eigenvalue weighted by atomic mass is 10.2. The number of allylic oxidation sites excluding steroid dienone is 1. The van der Waals surface area contributed by atoms with Crippen molar-refractivity contribution >= 4 is 17.7 Å². The molecule has 64 valence electrons. The van der Waals surface area contributed by atoms with Crippen molar-refractivity contribution in [1.29, 1.82) is 0 Å². The average Bonchev–Trinajstić information content (AvgIpc) is 2.09. The Kier molecular flexibility index (Phi) is 3.18. The second-order valence-corrected chi connectivity index (χ2v) is 2.74. The van der Waals surface area contributed by atoms with Crippen LogP contribution in [0.3, 0.4) is 0 Å². The highest BCUT2D eigenvalue weighted by atomic mass is 35.5. The van der Waals surface area contributed by atoms with Crippen molar-refractivity contribution in [2.75, 3.05) is 7.11 Å². The molecule has 0 radical (unpaired) electrons. The number of halogens is 1. The lowest BCUT2D eigenvalue weighted by molar-refractivity contribution is 0.415. The third kappa shape index (κ3) is 1.80. The van der Waals surface area contributed by atoms with Gasteiger partial charge in [0, 0.05) is 0 Å². The summed E-state index contributed by atoms with van der Waals surface area (Å²) < 4.78 is 5.07. The lowest BCUT2D eigenvalue weighted by Gasteiger charge is -2.04. The molecular weight excluding hydrogens is 172 g/mol. The summed E-state index contributed by atoms with van der Waals surface area (Å²) in [6.45, 7) is 1.95. The van der Waals surface area contributed by atoms with E-state index in [0.717, 1.165) is 5.56 Å². The van der Waals surface area contributed by atoms with E-state index < -0.39 is 0 Å². The number of rotatable bonds is 2. The summed E-state index contributed by atoms with van der Waals surface area (Å²) in [6, 6.07) is 5.71. The van der Waals surface area contributed by atoms with E-state index in [-0.39, 0.29) is 0 Å². The van der Waals surface area contributed by atoms with Gasteiger partial charge in [-0.3, -0.25) is 0 Å². The molecule has 12 heavy (non-hydrogen) atoms. The van der Waals surface area contributed by atoms with Gasteiger partial charge >= 0.3 is 0 Å². The smallest absolute Gasteiger partial charge is 0.138 e. The van der Waals surface area contributed by atoms with Gasteiger partial charge in [-0.25, -0.2) is 0 Å². The molecule has 1 aromatic carbocycles. The Balaban J connectivity index is 3.13. The van der Waals surface area contributed by atoms with Gasteiger partial charge in [0.1, 0.15) is 5.75 Å². The molecule has 0 aromatic heterocycles. The van der Waals surface area contributed by atoms with E-state index in [0.29, 0.717) is 10.8 Å². The largest absolute Gasteiger partial charge is 0.495 e. The molecule has 0 bridgehead atoms. The van der Waals surface area contributed by atoms with Crippen LogP contribution in [0, 0.1) is 0 Å². The Morgan fingerprint density at radius 1 is 1.42 bits per heavy atom. The summed E-state index contributed by atoms with van der Waals surface area (Å²) >= 11 is 6.01. The summed E-state index contributed by atoms with van der Waals surface area (Å²) in [7, 11) is 1.61. The fourth-order valence-corrected chi connectivity index (χ4v) is 1.26. The van der Waals surface area contributed by atoms with Gasteiger partial charge in [0.2, 0.25) is 0 Å². The molecule has 0 N–H and O–H groups in total. The minimum absolute atomic E-state index is 0.665. The number of benzene rings is 1. The quantitative estimate of drug-likeness (QED) is 0.682. The van der Waals surface area contributed by atoms with Crippen LogP contribution >= 0.6 is 11.6 Å². The van der Waals surface area contributed by atoms with Gasteiger partial charge in [-0.1, -0.05) is 35.9 Å². The first-order valence-corrected chi connectivity index (χ1v) is 4.12. The maximum atomic E-state index is 6.01. The number of hydrogen-bond acceptors (Lipinski definition) is 1. The fourth-order valence-electron chi connectivity index (χ4n) is 0.994. The van der Waals surface area contributed by atoms with E-state index in [2.05, 4.69) is 0 Å². The topological polar surface area (TPSA) is 9.23 Å². The van der Waals surface area contributed by atoms with Crippen LogP contribution < -0.4 is 4.74 Å². The van der Waals surface area contributed by atoms with Crippen molar-refractivity contribution in [3.8, 4) is 5.75 Å². The Labute approximate surface area is 77.6 Å². The SMILES string of the molecule is C/C=C/c1cccc(OC)c1Cl. The van der Waals surface area contributed by atoms with Crippen LogP contribution in [0.4, 0.5) is 0 Å². The van der Waals surface area contributed by atoms with Crippen molar-refractivity contribution in [3.05, 3.63) is 34.9 Å². The average molecular weight is 183 g/mol. The predicted molar refractivity (Wildman–Crippen MR) is 52.7 cm³/mol. The summed E-state index contributed by atoms with van der Waals surface area (Å²) in [4.78, 5) is 0. The van der Waals surface area contributed by atoms with Gasteiger partial charge in [-0.2, -0.15) is 0 Å². The molecule has 0 saturated carbocycles. The molecule has 0 aliphatic heterocycles. The van der Waals surface area contributed by atoms with E-state index in [1.165, 1.54) is 0 Å². The van der Waals surface area contributed by atoms with Crippen LogP contribution in [0.25, 0.3) is 6.08 Å². The third-order valence-corrected chi connectivity index (χ3v) is 1.96. The minimum atomic E-state index is 0.665. The maximum absolute atomic E-state index is 6.01. The first kappa shape index (κ1) is 9.14. The zero-order valence-electron chi connectivity index (χ0n) is 7.17. The normalized spacial score (nSPS) is 10.6. The summed E-state index contributed by atoms with van der Waals surface area (Å²) in [5.74, 6) is 0.715. The molecule has 0 spiro atoms. The molecule has 0 amide bonds. The first-order chi connectivity index (χ1) is 5.79. The van der Waals surface area contributed by atoms with Crippen LogP contribution in [-0.4, -0.2) is 7.11 Å². The molecular formula is C10H11ClO. The predicted octanol–water partition coefficient (Wildman–Crippen LogP) is 3.38. The van der Waals surface area contributed by atoms with Crippen LogP contribution in [0.15, 0.2) is 24.3 Å². The standard InChI is InChI=1S/C10H11ClO/c1-3-5-8-6-4-7-9(12-2)10(8)11/h3-7H,1-2H3/b5-3+. The number of hydrogen-bond donors (Lipinski definition) is 0. The molecule has 0 fully saturated rings. The van der Waals surface area contributed by atoms with E-state index in [4.69, 9.17) is 16.3 Å². The molecule has 2 heteroatoms. The minimum Gasteiger partial charge on any atom is -0.495 e. The maximum Gasteiger partial charge on any atom is 0.138 e. The molecule has 0 heterocycles. The molecule has 0 unspecified atom stereocenters. The summed E-state index contributed by atoms with van der Waals surface area (Å²) in [6.07, 6.45) is 3.89. The van der Waals surface area contributed by atoms with Crippen molar-refractivity contribution < 1.29 is 4.74 Å². The Morgan fingerprint density at radius 2 is 2.17 bits per heavy atom. The first-order valence-electron chi connectivity index (χ1n) is 3.74. The van der Waals surface area contributed by atoms with Crippen molar-refractivity contribution in [1.82, 2.24) is 0 Å². The zero-order valence-corrected chi connectivity index (χ0v) is 7.93. The number of methoxy groups -OCH3 is 1. The van der Waals surface area contributed by atoms with Crippen molar-refractivity contribution in [2.45, 2.75) is 6.92 Å². The molecule has 1 nitrogen and oxygen atoms in total. The summed E-state index contributed by atoms with van der Waals surface area (Å²) in [5.41, 5.74) is 0.985. The van der Waals surface area contributed by atoms with Gasteiger partial charge in [0.05, 0.1) is 12.1 Å². The fraction of sp³-hybridized carbons (Fsp3) is 0.200. The van der Waals surface area contributed by atoms with Gasteiger partial charge in [-0.05, 0) is 18.6 Å². The highest BCUT2D eigenvalue weighted by molar-refractivity contribution is 6.33. The van der Waals surface area contributed by atoms with Gasteiger partial charge in [0.15, 0.2) is 0 Å². The number of ether oxygens (including phenoxy) is 1. The molecule has 1 rings (SSSR count). The third-order valence-electron chi connectivity index (χ3n) is 1.56. The van der Waals surface area contributed by atoms with Crippen molar-refractivity contribution in [3.63, 3.8) is 0 Å². The lowest BCUT2D eigenvalue weighted by Crippen LogP contribution is -1.85. The zero-order chi connectivity index (χ0) is 8.97. The van der Waals surface area contributed by atoms with E-state index in [1.807, 2.05) is 37.3 Å². The molecule has 0 saturated heterocycles. The second-order valence-electron chi connectivity index (χ2n) is 2.36. The molecule has 0 atom stereocenters. The second kappa shape index (κ2) is 4.17. The van der Waals surface area contributed by atoms with E-state index in [9.17, 15) is 0 Å². The van der Waals surface area contributed by atoms with Crippen LogP contribution in [0.1, 0.15) is 12.5 Å². The Hall–Kier alpha value is -0.950. The van der Waals surface area contributed by atoms with Crippen LogP contribution in [0.2, 0.25) is 5.02 Å². The van der Waals surface area contributed by atoms with Gasteiger partial charge < -0.3 is 4.74 Å². The van der Waals surface area contributed by atoms with Crippen molar-refractivity contribution in [2.24, 2.45) is 0 Å². The van der Waals surface area contributed by atoms with Gasteiger partial charge in [-0.15, -0.1) is 0 Å². The summed E-state index contributed by atoms with van der Waals surface area (Å²) in [5, 5.41) is 0.665. The van der Waals surface area contributed by atoms with Gasteiger partial charge in [0.25, 0.3) is 0 Å². The van der Waals surface area contributed by atoms with E-state index in [1.54, 1.807) is 7.11 Å². The highest BCUT2D eigenvalue weighted by Crippen LogP contribution is 2.28. The van der Waals surface area contributed by atoms with E-state index >= 15 is 0 Å². The Morgan fingerprint density at radius 3 is 2.75 bits per heavy atom.